The van der Waals surface area contributed by atoms with E-state index in [0.29, 0.717) is 47.6 Å². The van der Waals surface area contributed by atoms with E-state index >= 15 is 0 Å². The van der Waals surface area contributed by atoms with Crippen LogP contribution in [-0.4, -0.2) is 48.4 Å². The fraction of sp³-hybridized carbons (Fsp3) is 0.944. The number of alkyl halides is 1. The third-order valence-electron chi connectivity index (χ3n) is 19.6. The number of nitrogens with zero attached hydrogens (tertiary/aromatic N) is 1. The Morgan fingerprint density at radius 3 is 1.07 bits per heavy atom. The second kappa shape index (κ2) is 19.1. The molecule has 0 radical (unpaired) electrons. The van der Waals surface area contributed by atoms with Crippen molar-refractivity contribution in [1.29, 1.82) is 0 Å². The number of amides is 2. The first kappa shape index (κ1) is 56.9. The minimum Gasteiger partial charge on any atom is -0.351 e. The number of hydrogen-bond donors (Lipinski definition) is 4. The van der Waals surface area contributed by atoms with Crippen molar-refractivity contribution < 1.29 is 28.4 Å². The van der Waals surface area contributed by atoms with Gasteiger partial charge in [0.15, 0.2) is 0 Å². The van der Waals surface area contributed by atoms with Crippen molar-refractivity contribution in [3.05, 3.63) is 0 Å². The van der Waals surface area contributed by atoms with Crippen LogP contribution in [0.3, 0.4) is 0 Å². The van der Waals surface area contributed by atoms with E-state index < -0.39 is 11.3 Å². The first-order valence-corrected chi connectivity index (χ1v) is 28.0. The molecule has 9 atom stereocenters. The molecule has 16 fully saturated rings. The molecule has 0 aromatic carbocycles. The summed E-state index contributed by atoms with van der Waals surface area (Å²) in [7, 11) is 0. The fourth-order valence-corrected chi connectivity index (χ4v) is 25.0. The molecule has 10 nitrogen and oxygen atoms in total. The summed E-state index contributed by atoms with van der Waals surface area (Å²) in [6.07, 6.45) is 34.0. The maximum atomic E-state index is 11.4. The molecular formula is C54H93BrCl2N4O6S. The Labute approximate surface area is 434 Å². The molecule has 14 heteroatoms. The van der Waals surface area contributed by atoms with Crippen molar-refractivity contribution >= 4 is 70.0 Å². The second-order valence-corrected chi connectivity index (χ2v) is 32.1. The highest BCUT2D eigenvalue weighted by molar-refractivity contribution is 9.10. The molecule has 16 aliphatic rings. The molecule has 16 rings (SSSR count). The average molecular weight is 1080 g/mol. The predicted molar refractivity (Wildman–Crippen MR) is 283 cm³/mol. The molecule has 0 aromatic rings. The molecule has 0 aromatic heterocycles. The molecule has 9 unspecified atom stereocenters. The van der Waals surface area contributed by atoms with Gasteiger partial charge in [-0.25, -0.2) is 9.47 Å². The van der Waals surface area contributed by atoms with Gasteiger partial charge in [0.05, 0.1) is 0 Å². The Morgan fingerprint density at radius 1 is 0.544 bits per heavy atom. The van der Waals surface area contributed by atoms with E-state index in [1.165, 1.54) is 160 Å². The van der Waals surface area contributed by atoms with Crippen molar-refractivity contribution in [2.45, 2.75) is 251 Å². The van der Waals surface area contributed by atoms with Crippen LogP contribution in [0.15, 0.2) is 4.40 Å². The minimum absolute atomic E-state index is 0. The van der Waals surface area contributed by atoms with Crippen LogP contribution in [0, 0.1) is 67.0 Å². The van der Waals surface area contributed by atoms with Crippen LogP contribution >= 0.6 is 40.7 Å². The molecule has 2 amide bonds. The van der Waals surface area contributed by atoms with Gasteiger partial charge in [0.2, 0.25) is 11.8 Å². The zero-order chi connectivity index (χ0) is 48.3. The Bertz CT molecular complexity index is 1700. The summed E-state index contributed by atoms with van der Waals surface area (Å²) in [6.45, 7) is 24.6. The van der Waals surface area contributed by atoms with Crippen LogP contribution in [0.5, 0.6) is 0 Å². The number of hydrogen-bond acceptors (Lipinski definition) is 7. The number of nitrogens with one attached hydrogen (secondary N) is 2. The molecule has 392 valence electrons. The largest absolute Gasteiger partial charge is 0.351 e. The highest BCUT2D eigenvalue weighted by Crippen LogP contribution is 2.70. The number of carbonyl (C=O) groups excluding carboxylic acids is 2. The second-order valence-electron chi connectivity index (χ2n) is 29.7. The molecule has 0 aliphatic heterocycles. The zero-order valence-electron chi connectivity index (χ0n) is 44.0. The van der Waals surface area contributed by atoms with Gasteiger partial charge >= 0.3 is 11.3 Å². The number of carbonyl (C=O) groups is 2. The van der Waals surface area contributed by atoms with Crippen LogP contribution in [0.4, 0.5) is 0 Å². The lowest BCUT2D eigenvalue weighted by Gasteiger charge is -2.65. The molecule has 0 saturated heterocycles. The Morgan fingerprint density at radius 2 is 0.838 bits per heavy atom. The molecule has 16 aliphatic carbocycles. The van der Waals surface area contributed by atoms with Crippen molar-refractivity contribution in [2.24, 2.45) is 77.1 Å². The van der Waals surface area contributed by atoms with E-state index in [1.807, 2.05) is 0 Å². The molecule has 0 spiro atoms. The SMILES string of the molecule is CC(=O)NC12CC3CC(C)(CC(C)(C3)C1)C2.CC(=O)NC12CC3CC(C)(CC(C)(C3)C1)C2.CC12CC3CC(C)(C1)CC(Br)(C3)C2.CC12CC3CC(C)(C1)CC(N)(C3)C2.CC=NS(=O)OOO.Cl.Cl. The quantitative estimate of drug-likeness (QED) is 0.0926. The minimum atomic E-state index is -1.92. The Balaban J connectivity index is 0.000000141. The Hall–Kier alpha value is -0.340. The van der Waals surface area contributed by atoms with Gasteiger partial charge < -0.3 is 16.4 Å². The van der Waals surface area contributed by atoms with Gasteiger partial charge in [0, 0.05) is 41.0 Å². The van der Waals surface area contributed by atoms with E-state index in [4.69, 9.17) is 11.0 Å². The lowest BCUT2D eigenvalue weighted by Crippen LogP contribution is -2.64. The number of halogens is 3. The smallest absolute Gasteiger partial charge is 0.315 e. The van der Waals surface area contributed by atoms with E-state index in [1.54, 1.807) is 20.8 Å². The van der Waals surface area contributed by atoms with Gasteiger partial charge in [-0.2, -0.15) is 4.40 Å². The Kier molecular flexibility index (Phi) is 16.0. The standard InChI is InChI=1S/2C14H23NO.C12H19Br.C12H21N.C2H5NO4S.2ClH/c2*1-10(16)15-14-6-11-4-12(2,8-14)7-13(3,5-11)9-14;2*1-10-3-9-4-11(2,6-10)8-12(13,5-9)7-10;1-2-3-8(5)7-6-4;;/h2*11H,4-9H2,1-3H3,(H,15,16);9H,3-8H2,1-2H3;9H,3-8,13H2,1-2H3;2,4H,1H3;2*1H. The van der Waals surface area contributed by atoms with Gasteiger partial charge in [-0.3, -0.25) is 9.59 Å². The van der Waals surface area contributed by atoms with Crippen LogP contribution in [0.2, 0.25) is 0 Å². The molecule has 68 heavy (non-hydrogen) atoms. The van der Waals surface area contributed by atoms with Crippen molar-refractivity contribution in [3.8, 4) is 0 Å². The summed E-state index contributed by atoms with van der Waals surface area (Å²) in [5.41, 5.74) is 11.6. The number of nitrogens with two attached hydrogens (primary N) is 1. The molecule has 5 N–H and O–H groups in total. The van der Waals surface area contributed by atoms with Crippen molar-refractivity contribution in [2.75, 3.05) is 0 Å². The van der Waals surface area contributed by atoms with E-state index in [0.717, 1.165) is 23.7 Å². The van der Waals surface area contributed by atoms with Crippen molar-refractivity contribution in [1.82, 2.24) is 10.6 Å². The third kappa shape index (κ3) is 12.6. The first-order valence-electron chi connectivity index (χ1n) is 26.2. The highest BCUT2D eigenvalue weighted by atomic mass is 79.9. The summed E-state index contributed by atoms with van der Waals surface area (Å²) < 4.78 is 17.4. The summed E-state index contributed by atoms with van der Waals surface area (Å²) in [4.78, 5) is 22.9. The fourth-order valence-electron chi connectivity index (χ4n) is 22.9. The maximum Gasteiger partial charge on any atom is 0.315 e. The van der Waals surface area contributed by atoms with Gasteiger partial charge in [-0.15, -0.1) is 24.8 Å². The molecular weight excluding hydrogens is 983 g/mol. The summed E-state index contributed by atoms with van der Waals surface area (Å²) in [5.74, 6) is 4.03. The predicted octanol–water partition coefficient (Wildman–Crippen LogP) is 13.5. The lowest BCUT2D eigenvalue weighted by molar-refractivity contribution is -0.435. The summed E-state index contributed by atoms with van der Waals surface area (Å²) in [6, 6.07) is 0. The zero-order valence-corrected chi connectivity index (χ0v) is 48.0. The third-order valence-corrected chi connectivity index (χ3v) is 21.1. The lowest BCUT2D eigenvalue weighted by atomic mass is 9.42. The van der Waals surface area contributed by atoms with Crippen LogP contribution in [0.1, 0.15) is 230 Å². The summed E-state index contributed by atoms with van der Waals surface area (Å²) in [5, 5.41) is 17.1. The van der Waals surface area contributed by atoms with E-state index in [2.05, 4.69) is 95.7 Å². The van der Waals surface area contributed by atoms with Crippen molar-refractivity contribution in [3.63, 3.8) is 0 Å². The number of rotatable bonds is 5. The molecule has 16 saturated carbocycles. The monoisotopic (exact) mass is 1070 g/mol. The normalized spacial score (nSPS) is 51.8. The maximum absolute atomic E-state index is 11.4. The highest BCUT2D eigenvalue weighted by Gasteiger charge is 2.63. The summed E-state index contributed by atoms with van der Waals surface area (Å²) >= 11 is 2.10. The molecule has 0 heterocycles. The van der Waals surface area contributed by atoms with Crippen LogP contribution < -0.4 is 16.4 Å². The van der Waals surface area contributed by atoms with Gasteiger partial charge in [0.1, 0.15) is 0 Å². The van der Waals surface area contributed by atoms with Gasteiger partial charge in [-0.1, -0.05) is 80.7 Å². The van der Waals surface area contributed by atoms with Gasteiger partial charge in [-0.05, 0) is 228 Å². The topological polar surface area (TPSA) is 152 Å². The van der Waals surface area contributed by atoms with E-state index in [-0.39, 0.29) is 53.2 Å². The first-order chi connectivity index (χ1) is 30.3. The van der Waals surface area contributed by atoms with E-state index in [9.17, 15) is 13.8 Å². The van der Waals surface area contributed by atoms with Crippen LogP contribution in [-0.2, 0) is 30.2 Å². The molecule has 16 bridgehead atoms. The van der Waals surface area contributed by atoms with Crippen LogP contribution in [0.25, 0.3) is 0 Å². The average Bonchev–Trinajstić information content (AvgIpc) is 3.01. The van der Waals surface area contributed by atoms with Gasteiger partial charge in [0.25, 0.3) is 0 Å².